The van der Waals surface area contributed by atoms with Crippen molar-refractivity contribution in [3.63, 3.8) is 0 Å². The van der Waals surface area contributed by atoms with Crippen molar-refractivity contribution in [3.05, 3.63) is 12.4 Å². The third-order valence-corrected chi connectivity index (χ3v) is 3.73. The summed E-state index contributed by atoms with van der Waals surface area (Å²) in [5.74, 6) is 0.164. The van der Waals surface area contributed by atoms with E-state index < -0.39 is 0 Å². The van der Waals surface area contributed by atoms with E-state index >= 15 is 0 Å². The number of carbonyl (C=O) groups excluding carboxylic acids is 1. The van der Waals surface area contributed by atoms with Gasteiger partial charge in [-0.15, -0.1) is 5.10 Å². The third kappa shape index (κ3) is 2.87. The van der Waals surface area contributed by atoms with Gasteiger partial charge in [0.2, 0.25) is 5.91 Å². The first-order valence-corrected chi connectivity index (χ1v) is 6.60. The lowest BCUT2D eigenvalue weighted by molar-refractivity contribution is -0.132. The molecule has 0 spiro atoms. The maximum absolute atomic E-state index is 12.3. The molecule has 1 saturated heterocycles. The monoisotopic (exact) mass is 251 g/mol. The highest BCUT2D eigenvalue weighted by molar-refractivity contribution is 5.82. The van der Waals surface area contributed by atoms with Gasteiger partial charge in [0.1, 0.15) is 0 Å². The van der Waals surface area contributed by atoms with E-state index in [0.29, 0.717) is 13.1 Å². The van der Waals surface area contributed by atoms with E-state index in [9.17, 15) is 4.79 Å². The molecule has 6 nitrogen and oxygen atoms in total. The summed E-state index contributed by atoms with van der Waals surface area (Å²) < 4.78 is 1.72. The Balaban J connectivity index is 1.82. The van der Waals surface area contributed by atoms with E-state index in [0.717, 1.165) is 32.4 Å². The molecule has 0 aromatic carbocycles. The van der Waals surface area contributed by atoms with E-state index in [1.807, 2.05) is 0 Å². The minimum Gasteiger partial charge on any atom is -0.354 e. The lowest BCUT2D eigenvalue weighted by atomic mass is 9.77. The Labute approximate surface area is 107 Å². The molecule has 1 amide bonds. The van der Waals surface area contributed by atoms with Gasteiger partial charge >= 0.3 is 0 Å². The molecule has 0 radical (unpaired) electrons. The fourth-order valence-electron chi connectivity index (χ4n) is 2.45. The molecule has 2 rings (SSSR count). The molecular weight excluding hydrogens is 230 g/mol. The fourth-order valence-corrected chi connectivity index (χ4v) is 2.45. The second-order valence-corrected chi connectivity index (χ2v) is 4.84. The van der Waals surface area contributed by atoms with Crippen molar-refractivity contribution in [3.8, 4) is 0 Å². The minimum atomic E-state index is -0.222. The summed E-state index contributed by atoms with van der Waals surface area (Å²) in [4.78, 5) is 12.3. The predicted molar refractivity (Wildman–Crippen MR) is 67.9 cm³/mol. The zero-order valence-corrected chi connectivity index (χ0v) is 10.9. The number of hydrogen-bond acceptors (Lipinski definition) is 4. The predicted octanol–water partition coefficient (Wildman–Crippen LogP) is 0.174. The third-order valence-electron chi connectivity index (χ3n) is 3.73. The van der Waals surface area contributed by atoms with Crippen LogP contribution in [-0.4, -0.2) is 40.5 Å². The first kappa shape index (κ1) is 13.0. The Morgan fingerprint density at radius 3 is 3.11 bits per heavy atom. The maximum Gasteiger partial charge on any atom is 0.227 e. The van der Waals surface area contributed by atoms with Crippen molar-refractivity contribution in [2.75, 3.05) is 19.6 Å². The normalized spacial score (nSPS) is 23.8. The van der Waals surface area contributed by atoms with Crippen molar-refractivity contribution >= 4 is 5.91 Å². The number of nitrogens with one attached hydrogen (secondary N) is 2. The number of carbonyl (C=O) groups is 1. The number of amides is 1. The fraction of sp³-hybridized carbons (Fsp3) is 0.750. The molecular formula is C12H21N5O. The molecule has 6 heteroatoms. The van der Waals surface area contributed by atoms with Crippen LogP contribution in [0.2, 0.25) is 0 Å². The van der Waals surface area contributed by atoms with E-state index in [4.69, 9.17) is 0 Å². The summed E-state index contributed by atoms with van der Waals surface area (Å²) in [6, 6.07) is 0. The van der Waals surface area contributed by atoms with Crippen molar-refractivity contribution in [2.24, 2.45) is 5.41 Å². The van der Waals surface area contributed by atoms with Gasteiger partial charge < -0.3 is 10.6 Å². The van der Waals surface area contributed by atoms with Crippen LogP contribution < -0.4 is 10.6 Å². The van der Waals surface area contributed by atoms with Crippen LogP contribution in [0.25, 0.3) is 0 Å². The van der Waals surface area contributed by atoms with Crippen LogP contribution in [-0.2, 0) is 11.3 Å². The lowest BCUT2D eigenvalue weighted by Gasteiger charge is -2.35. The number of piperidine rings is 1. The molecule has 1 atom stereocenters. The molecule has 1 aromatic heterocycles. The Bertz CT molecular complexity index is 370. The smallest absolute Gasteiger partial charge is 0.227 e. The SMILES string of the molecule is CCC1(C(=O)NCCn2ccnn2)CCCNC1. The Morgan fingerprint density at radius 1 is 1.61 bits per heavy atom. The Kier molecular flexibility index (Phi) is 4.30. The highest BCUT2D eigenvalue weighted by Gasteiger charge is 2.37. The minimum absolute atomic E-state index is 0.164. The number of rotatable bonds is 5. The second-order valence-electron chi connectivity index (χ2n) is 4.84. The van der Waals surface area contributed by atoms with Crippen molar-refractivity contribution in [2.45, 2.75) is 32.7 Å². The number of hydrogen-bond donors (Lipinski definition) is 2. The molecule has 1 unspecified atom stereocenters. The largest absolute Gasteiger partial charge is 0.354 e. The van der Waals surface area contributed by atoms with E-state index in [1.54, 1.807) is 17.1 Å². The van der Waals surface area contributed by atoms with Crippen LogP contribution in [0.1, 0.15) is 26.2 Å². The molecule has 2 heterocycles. The van der Waals surface area contributed by atoms with Crippen LogP contribution in [0.3, 0.4) is 0 Å². The van der Waals surface area contributed by atoms with Gasteiger partial charge in [-0.05, 0) is 25.8 Å². The van der Waals surface area contributed by atoms with E-state index in [2.05, 4.69) is 27.9 Å². The zero-order valence-electron chi connectivity index (χ0n) is 10.9. The van der Waals surface area contributed by atoms with Crippen molar-refractivity contribution < 1.29 is 4.79 Å². The molecule has 1 aliphatic rings. The van der Waals surface area contributed by atoms with Crippen LogP contribution >= 0.6 is 0 Å². The second kappa shape index (κ2) is 5.95. The Hall–Kier alpha value is -1.43. The average Bonchev–Trinajstić information content (AvgIpc) is 2.92. The van der Waals surface area contributed by atoms with Gasteiger partial charge in [0, 0.05) is 19.3 Å². The first-order valence-electron chi connectivity index (χ1n) is 6.60. The average molecular weight is 251 g/mol. The highest BCUT2D eigenvalue weighted by atomic mass is 16.2. The summed E-state index contributed by atoms with van der Waals surface area (Å²) >= 11 is 0. The molecule has 0 aliphatic carbocycles. The molecule has 2 N–H and O–H groups in total. The summed E-state index contributed by atoms with van der Waals surface area (Å²) in [5, 5.41) is 13.9. The van der Waals surface area contributed by atoms with Crippen LogP contribution in [0, 0.1) is 5.41 Å². The Morgan fingerprint density at radius 2 is 2.50 bits per heavy atom. The molecule has 1 aliphatic heterocycles. The van der Waals surface area contributed by atoms with Gasteiger partial charge in [-0.25, -0.2) is 0 Å². The topological polar surface area (TPSA) is 71.8 Å². The maximum atomic E-state index is 12.3. The van der Waals surface area contributed by atoms with Gasteiger partial charge in [0.25, 0.3) is 0 Å². The number of nitrogens with zero attached hydrogens (tertiary/aromatic N) is 3. The van der Waals surface area contributed by atoms with E-state index in [-0.39, 0.29) is 11.3 Å². The van der Waals surface area contributed by atoms with Gasteiger partial charge in [-0.1, -0.05) is 12.1 Å². The zero-order chi connectivity index (χ0) is 12.8. The van der Waals surface area contributed by atoms with Gasteiger partial charge in [-0.3, -0.25) is 9.48 Å². The summed E-state index contributed by atoms with van der Waals surface area (Å²) in [7, 11) is 0. The van der Waals surface area contributed by atoms with Crippen molar-refractivity contribution in [1.29, 1.82) is 0 Å². The molecule has 100 valence electrons. The first-order chi connectivity index (χ1) is 8.77. The van der Waals surface area contributed by atoms with Crippen LogP contribution in [0.4, 0.5) is 0 Å². The van der Waals surface area contributed by atoms with Gasteiger partial charge in [0.15, 0.2) is 0 Å². The quantitative estimate of drug-likeness (QED) is 0.783. The van der Waals surface area contributed by atoms with Crippen LogP contribution in [0.15, 0.2) is 12.4 Å². The standard InChI is InChI=1S/C12H21N5O/c1-2-12(4-3-5-13-10-12)11(18)14-6-8-17-9-7-15-16-17/h7,9,13H,2-6,8,10H2,1H3,(H,14,18). The van der Waals surface area contributed by atoms with Gasteiger partial charge in [0.05, 0.1) is 18.2 Å². The molecule has 0 saturated carbocycles. The molecule has 0 bridgehead atoms. The van der Waals surface area contributed by atoms with E-state index in [1.165, 1.54) is 0 Å². The lowest BCUT2D eigenvalue weighted by Crippen LogP contribution is -2.50. The van der Waals surface area contributed by atoms with Crippen LogP contribution in [0.5, 0.6) is 0 Å². The van der Waals surface area contributed by atoms with Crippen molar-refractivity contribution in [1.82, 2.24) is 25.6 Å². The highest BCUT2D eigenvalue weighted by Crippen LogP contribution is 2.29. The summed E-state index contributed by atoms with van der Waals surface area (Å²) in [5.41, 5.74) is -0.222. The molecule has 18 heavy (non-hydrogen) atoms. The number of aromatic nitrogens is 3. The summed E-state index contributed by atoms with van der Waals surface area (Å²) in [6.07, 6.45) is 6.37. The van der Waals surface area contributed by atoms with Gasteiger partial charge in [-0.2, -0.15) is 0 Å². The molecule has 1 aromatic rings. The molecule has 1 fully saturated rings. The summed E-state index contributed by atoms with van der Waals surface area (Å²) in [6.45, 7) is 5.17.